The van der Waals surface area contributed by atoms with Crippen LogP contribution in [0.25, 0.3) is 0 Å². The first kappa shape index (κ1) is 16.1. The topological polar surface area (TPSA) is 51.5 Å². The van der Waals surface area contributed by atoms with Crippen LogP contribution in [0.4, 0.5) is 0 Å². The molecule has 0 bridgehead atoms. The second-order valence-electron chi connectivity index (χ2n) is 7.05. The maximum atomic E-state index is 11.6. The summed E-state index contributed by atoms with van der Waals surface area (Å²) >= 11 is 0. The molecule has 1 unspecified atom stereocenters. The van der Waals surface area contributed by atoms with Gasteiger partial charge in [-0.2, -0.15) is 0 Å². The highest BCUT2D eigenvalue weighted by Crippen LogP contribution is 2.72. The smallest absolute Gasteiger partial charge is 0.373 e. The lowest BCUT2D eigenvalue weighted by Crippen LogP contribution is -2.25. The first-order valence-corrected chi connectivity index (χ1v) is 7.68. The minimum absolute atomic E-state index is 0.133. The minimum atomic E-state index is -0.426. The second kappa shape index (κ2) is 5.48. The fourth-order valence-electron chi connectivity index (χ4n) is 3.49. The van der Waals surface area contributed by atoms with Gasteiger partial charge >= 0.3 is 5.97 Å². The molecule has 1 atom stereocenters. The summed E-state index contributed by atoms with van der Waals surface area (Å²) in [6.07, 6.45) is 1.06. The summed E-state index contributed by atoms with van der Waals surface area (Å²) in [5.74, 6) is 1.15. The first-order chi connectivity index (χ1) is 9.77. The van der Waals surface area contributed by atoms with Crippen molar-refractivity contribution in [2.75, 3.05) is 13.7 Å². The van der Waals surface area contributed by atoms with Gasteiger partial charge in [0.2, 0.25) is 5.76 Å². The Labute approximate surface area is 127 Å². The lowest BCUT2D eigenvalue weighted by molar-refractivity contribution is 0.0561. The van der Waals surface area contributed by atoms with E-state index in [0.29, 0.717) is 5.92 Å². The van der Waals surface area contributed by atoms with Crippen LogP contribution in [0, 0.1) is 16.7 Å². The highest BCUT2D eigenvalue weighted by atomic mass is 16.5. The molecule has 1 aliphatic carbocycles. The number of rotatable bonds is 6. The van der Waals surface area contributed by atoms with Crippen LogP contribution in [0.15, 0.2) is 16.5 Å². The summed E-state index contributed by atoms with van der Waals surface area (Å²) in [6.45, 7) is 12.3. The van der Waals surface area contributed by atoms with E-state index in [1.807, 2.05) is 6.07 Å². The van der Waals surface area contributed by atoms with Crippen molar-refractivity contribution in [3.05, 3.63) is 23.7 Å². The third-order valence-corrected chi connectivity index (χ3v) is 5.40. The monoisotopic (exact) mass is 293 g/mol. The number of methoxy groups -OCH3 is 1. The van der Waals surface area contributed by atoms with Crippen LogP contribution in [0.5, 0.6) is 0 Å². The summed E-state index contributed by atoms with van der Waals surface area (Å²) in [6, 6.07) is 3.72. The van der Waals surface area contributed by atoms with Gasteiger partial charge in [0, 0.05) is 0 Å². The van der Waals surface area contributed by atoms with Gasteiger partial charge in [0.1, 0.15) is 5.76 Å². The number of hydrogen-bond donors (Lipinski definition) is 1. The third kappa shape index (κ3) is 2.61. The van der Waals surface area contributed by atoms with Crippen LogP contribution < -0.4 is 5.32 Å². The standard InChI is InChI=1S/C17H27NO3/c1-7-10-18-13(14-16(2,3)17(14,4)5)11-8-9-12(21-11)15(19)20-6/h8-9,13-14,18H,7,10H2,1-6H3. The van der Waals surface area contributed by atoms with E-state index in [4.69, 9.17) is 9.15 Å². The number of esters is 1. The zero-order valence-electron chi connectivity index (χ0n) is 13.9. The van der Waals surface area contributed by atoms with E-state index in [1.165, 1.54) is 7.11 Å². The van der Waals surface area contributed by atoms with Crippen molar-refractivity contribution >= 4 is 5.97 Å². The van der Waals surface area contributed by atoms with E-state index in [-0.39, 0.29) is 22.6 Å². The van der Waals surface area contributed by atoms with Gasteiger partial charge in [-0.3, -0.25) is 0 Å². The minimum Gasteiger partial charge on any atom is -0.463 e. The van der Waals surface area contributed by atoms with Crippen molar-refractivity contribution in [3.8, 4) is 0 Å². The van der Waals surface area contributed by atoms with Crippen LogP contribution in [0.1, 0.15) is 63.4 Å². The molecule has 4 nitrogen and oxygen atoms in total. The molecule has 21 heavy (non-hydrogen) atoms. The van der Waals surface area contributed by atoms with E-state index < -0.39 is 5.97 Å². The quantitative estimate of drug-likeness (QED) is 0.811. The van der Waals surface area contributed by atoms with Crippen molar-refractivity contribution in [1.29, 1.82) is 0 Å². The summed E-state index contributed by atoms with van der Waals surface area (Å²) in [5, 5.41) is 3.58. The van der Waals surface area contributed by atoms with E-state index in [2.05, 4.69) is 39.9 Å². The van der Waals surface area contributed by atoms with Gasteiger partial charge in [0.05, 0.1) is 13.2 Å². The molecule has 1 heterocycles. The lowest BCUT2D eigenvalue weighted by atomic mass is 10.0. The Hall–Kier alpha value is -1.29. The summed E-state index contributed by atoms with van der Waals surface area (Å²) < 4.78 is 10.5. The fourth-order valence-corrected chi connectivity index (χ4v) is 3.49. The lowest BCUT2D eigenvalue weighted by Gasteiger charge is -2.18. The highest BCUT2D eigenvalue weighted by Gasteiger charge is 2.67. The average Bonchev–Trinajstić information content (AvgIpc) is 2.80. The highest BCUT2D eigenvalue weighted by molar-refractivity contribution is 5.86. The van der Waals surface area contributed by atoms with Gasteiger partial charge in [-0.25, -0.2) is 4.79 Å². The number of carbonyl (C=O) groups excluding carboxylic acids is 1. The Morgan fingerprint density at radius 3 is 2.43 bits per heavy atom. The molecule has 1 aromatic heterocycles. The summed E-state index contributed by atoms with van der Waals surface area (Å²) in [7, 11) is 1.37. The molecular weight excluding hydrogens is 266 g/mol. The van der Waals surface area contributed by atoms with Gasteiger partial charge in [0.15, 0.2) is 0 Å². The first-order valence-electron chi connectivity index (χ1n) is 7.68. The zero-order chi connectivity index (χ0) is 15.8. The third-order valence-electron chi connectivity index (χ3n) is 5.40. The van der Waals surface area contributed by atoms with Crippen molar-refractivity contribution in [1.82, 2.24) is 5.32 Å². The fraction of sp³-hybridized carbons (Fsp3) is 0.706. The number of carbonyl (C=O) groups is 1. The van der Waals surface area contributed by atoms with Gasteiger partial charge in [-0.15, -0.1) is 0 Å². The van der Waals surface area contributed by atoms with Crippen LogP contribution >= 0.6 is 0 Å². The zero-order valence-corrected chi connectivity index (χ0v) is 13.9. The molecule has 1 N–H and O–H groups in total. The van der Waals surface area contributed by atoms with Crippen LogP contribution in [0.2, 0.25) is 0 Å². The van der Waals surface area contributed by atoms with Crippen molar-refractivity contribution in [2.24, 2.45) is 16.7 Å². The Kier molecular flexibility index (Phi) is 4.20. The van der Waals surface area contributed by atoms with E-state index >= 15 is 0 Å². The van der Waals surface area contributed by atoms with Crippen LogP contribution in [-0.4, -0.2) is 19.6 Å². The van der Waals surface area contributed by atoms with Crippen LogP contribution in [-0.2, 0) is 4.74 Å². The predicted octanol–water partition coefficient (Wildman–Crippen LogP) is 3.79. The second-order valence-corrected chi connectivity index (χ2v) is 7.05. The van der Waals surface area contributed by atoms with Gasteiger partial charge in [-0.05, 0) is 41.8 Å². The molecule has 1 aromatic rings. The maximum absolute atomic E-state index is 11.6. The Balaban J connectivity index is 2.25. The molecule has 1 aliphatic rings. The van der Waals surface area contributed by atoms with E-state index in [1.54, 1.807) is 6.07 Å². The molecular formula is C17H27NO3. The van der Waals surface area contributed by atoms with E-state index in [9.17, 15) is 4.79 Å². The Morgan fingerprint density at radius 2 is 1.95 bits per heavy atom. The van der Waals surface area contributed by atoms with Gasteiger partial charge in [0.25, 0.3) is 0 Å². The average molecular weight is 293 g/mol. The number of nitrogens with one attached hydrogen (secondary N) is 1. The molecule has 0 aromatic carbocycles. The molecule has 0 aliphatic heterocycles. The van der Waals surface area contributed by atoms with Gasteiger partial charge < -0.3 is 14.5 Å². The molecule has 1 fully saturated rings. The van der Waals surface area contributed by atoms with Crippen molar-refractivity contribution in [3.63, 3.8) is 0 Å². The van der Waals surface area contributed by atoms with Crippen LogP contribution in [0.3, 0.4) is 0 Å². The Bertz CT molecular complexity index is 502. The molecule has 118 valence electrons. The molecule has 0 radical (unpaired) electrons. The molecule has 0 amide bonds. The number of hydrogen-bond acceptors (Lipinski definition) is 4. The number of ether oxygens (including phenoxy) is 1. The Morgan fingerprint density at radius 1 is 1.33 bits per heavy atom. The molecule has 1 saturated carbocycles. The number of furan rings is 1. The molecule has 2 rings (SSSR count). The normalized spacial score (nSPS) is 21.0. The van der Waals surface area contributed by atoms with E-state index in [0.717, 1.165) is 18.7 Å². The molecule has 0 saturated heterocycles. The van der Waals surface area contributed by atoms with Crippen molar-refractivity contribution < 1.29 is 13.9 Å². The summed E-state index contributed by atoms with van der Waals surface area (Å²) in [5.41, 5.74) is 0.493. The SMILES string of the molecule is CCCNC(c1ccc(C(=O)OC)o1)C1C(C)(C)C1(C)C. The molecule has 4 heteroatoms. The summed E-state index contributed by atoms with van der Waals surface area (Å²) in [4.78, 5) is 11.6. The largest absolute Gasteiger partial charge is 0.463 e. The van der Waals surface area contributed by atoms with Crippen molar-refractivity contribution in [2.45, 2.75) is 47.1 Å². The predicted molar refractivity (Wildman–Crippen MR) is 82.1 cm³/mol. The van der Waals surface area contributed by atoms with Gasteiger partial charge in [-0.1, -0.05) is 34.6 Å². The maximum Gasteiger partial charge on any atom is 0.373 e. The molecule has 0 spiro atoms.